The van der Waals surface area contributed by atoms with Crippen LogP contribution in [-0.4, -0.2) is 34.8 Å². The topological polar surface area (TPSA) is 62.3 Å². The Morgan fingerprint density at radius 1 is 1.12 bits per heavy atom. The lowest BCUT2D eigenvalue weighted by Crippen LogP contribution is -2.34. The van der Waals surface area contributed by atoms with E-state index >= 15 is 0 Å². The molecule has 1 aromatic heterocycles. The van der Waals surface area contributed by atoms with Gasteiger partial charge in [-0.25, -0.2) is 4.39 Å². The molecule has 0 aliphatic carbocycles. The zero-order chi connectivity index (χ0) is 17.4. The van der Waals surface area contributed by atoms with Gasteiger partial charge in [-0.15, -0.1) is 0 Å². The summed E-state index contributed by atoms with van der Waals surface area (Å²) in [5.41, 5.74) is 1.38. The number of halogens is 1. The fourth-order valence-electron chi connectivity index (χ4n) is 2.23. The number of carbonyl (C=O) groups excluding carboxylic acids is 2. The maximum Gasteiger partial charge on any atom is 0.251 e. The third-order valence-corrected chi connectivity index (χ3v) is 3.59. The van der Waals surface area contributed by atoms with Gasteiger partial charge in [-0.1, -0.05) is 0 Å². The predicted octanol–water partition coefficient (Wildman–Crippen LogP) is 2.39. The lowest BCUT2D eigenvalue weighted by Gasteiger charge is -2.21. The Morgan fingerprint density at radius 3 is 2.42 bits per heavy atom. The fraction of sp³-hybridized carbons (Fsp3) is 0.278. The van der Waals surface area contributed by atoms with E-state index < -0.39 is 5.82 Å². The molecule has 0 unspecified atom stereocenters. The molecule has 6 heteroatoms. The molecule has 5 nitrogen and oxygen atoms in total. The minimum atomic E-state index is -0.392. The number of benzene rings is 1. The van der Waals surface area contributed by atoms with Crippen LogP contribution in [0.15, 0.2) is 48.8 Å². The van der Waals surface area contributed by atoms with Crippen LogP contribution >= 0.6 is 0 Å². The van der Waals surface area contributed by atoms with Gasteiger partial charge in [0.05, 0.1) is 0 Å². The van der Waals surface area contributed by atoms with Gasteiger partial charge in [-0.05, 0) is 48.9 Å². The van der Waals surface area contributed by atoms with Crippen molar-refractivity contribution in [2.24, 2.45) is 0 Å². The second-order valence-electron chi connectivity index (χ2n) is 5.28. The number of hydrogen-bond donors (Lipinski definition) is 1. The van der Waals surface area contributed by atoms with Crippen molar-refractivity contribution in [1.29, 1.82) is 0 Å². The van der Waals surface area contributed by atoms with Crippen molar-refractivity contribution in [2.45, 2.75) is 19.9 Å². The SMILES string of the molecule is CCN(Cc1ccncc1)C(=O)CCNC(=O)c1ccc(F)cc1. The van der Waals surface area contributed by atoms with E-state index in [0.717, 1.165) is 5.56 Å². The van der Waals surface area contributed by atoms with Crippen LogP contribution in [0.4, 0.5) is 4.39 Å². The summed E-state index contributed by atoms with van der Waals surface area (Å²) < 4.78 is 12.8. The highest BCUT2D eigenvalue weighted by Gasteiger charge is 2.13. The molecule has 0 bridgehead atoms. The fourth-order valence-corrected chi connectivity index (χ4v) is 2.23. The Kier molecular flexibility index (Phi) is 6.42. The highest BCUT2D eigenvalue weighted by atomic mass is 19.1. The number of nitrogens with one attached hydrogen (secondary N) is 1. The second-order valence-corrected chi connectivity index (χ2v) is 5.28. The van der Waals surface area contributed by atoms with Gasteiger partial charge in [0.2, 0.25) is 5.91 Å². The molecule has 2 rings (SSSR count). The first-order chi connectivity index (χ1) is 11.6. The van der Waals surface area contributed by atoms with E-state index in [-0.39, 0.29) is 24.8 Å². The average molecular weight is 329 g/mol. The van der Waals surface area contributed by atoms with Crippen molar-refractivity contribution in [3.63, 3.8) is 0 Å². The molecule has 0 radical (unpaired) electrons. The molecule has 0 aliphatic heterocycles. The first-order valence-corrected chi connectivity index (χ1v) is 7.80. The zero-order valence-corrected chi connectivity index (χ0v) is 13.5. The molecular formula is C18H20FN3O2. The number of aromatic nitrogens is 1. The van der Waals surface area contributed by atoms with Crippen LogP contribution in [0.1, 0.15) is 29.3 Å². The average Bonchev–Trinajstić information content (AvgIpc) is 2.61. The minimum absolute atomic E-state index is 0.0336. The molecule has 0 saturated heterocycles. The summed E-state index contributed by atoms with van der Waals surface area (Å²) in [6, 6.07) is 9.02. The van der Waals surface area contributed by atoms with Gasteiger partial charge in [-0.2, -0.15) is 0 Å². The zero-order valence-electron chi connectivity index (χ0n) is 13.5. The Bertz CT molecular complexity index is 674. The number of nitrogens with zero attached hydrogens (tertiary/aromatic N) is 2. The van der Waals surface area contributed by atoms with Crippen LogP contribution in [-0.2, 0) is 11.3 Å². The summed E-state index contributed by atoms with van der Waals surface area (Å²) >= 11 is 0. The van der Waals surface area contributed by atoms with E-state index in [1.807, 2.05) is 19.1 Å². The van der Waals surface area contributed by atoms with Crippen molar-refractivity contribution < 1.29 is 14.0 Å². The van der Waals surface area contributed by atoms with Crippen molar-refractivity contribution in [1.82, 2.24) is 15.2 Å². The van der Waals surface area contributed by atoms with E-state index in [9.17, 15) is 14.0 Å². The minimum Gasteiger partial charge on any atom is -0.352 e. The molecule has 24 heavy (non-hydrogen) atoms. The van der Waals surface area contributed by atoms with Crippen molar-refractivity contribution in [2.75, 3.05) is 13.1 Å². The van der Waals surface area contributed by atoms with Gasteiger partial charge in [-0.3, -0.25) is 14.6 Å². The molecule has 0 spiro atoms. The van der Waals surface area contributed by atoms with Crippen molar-refractivity contribution in [3.05, 3.63) is 65.7 Å². The number of pyridine rings is 1. The highest BCUT2D eigenvalue weighted by Crippen LogP contribution is 2.05. The van der Waals surface area contributed by atoms with Crippen LogP contribution < -0.4 is 5.32 Å². The number of carbonyl (C=O) groups is 2. The molecule has 2 aromatic rings. The van der Waals surface area contributed by atoms with Gasteiger partial charge in [0.15, 0.2) is 0 Å². The summed E-state index contributed by atoms with van der Waals surface area (Å²) in [4.78, 5) is 29.8. The lowest BCUT2D eigenvalue weighted by atomic mass is 10.2. The normalized spacial score (nSPS) is 10.2. The van der Waals surface area contributed by atoms with Crippen molar-refractivity contribution in [3.8, 4) is 0 Å². The maximum atomic E-state index is 12.8. The second kappa shape index (κ2) is 8.76. The van der Waals surface area contributed by atoms with E-state index in [2.05, 4.69) is 10.3 Å². The van der Waals surface area contributed by atoms with Gasteiger partial charge >= 0.3 is 0 Å². The molecule has 2 amide bonds. The number of rotatable bonds is 7. The van der Waals surface area contributed by atoms with Gasteiger partial charge in [0.1, 0.15) is 5.82 Å². The quantitative estimate of drug-likeness (QED) is 0.848. The van der Waals surface area contributed by atoms with Crippen LogP contribution in [0, 0.1) is 5.82 Å². The molecule has 0 fully saturated rings. The van der Waals surface area contributed by atoms with E-state index in [1.54, 1.807) is 17.3 Å². The van der Waals surface area contributed by atoms with Crippen LogP contribution in [0.25, 0.3) is 0 Å². The van der Waals surface area contributed by atoms with Crippen LogP contribution in [0.5, 0.6) is 0 Å². The summed E-state index contributed by atoms with van der Waals surface area (Å²) in [7, 11) is 0. The first-order valence-electron chi connectivity index (χ1n) is 7.80. The van der Waals surface area contributed by atoms with Gasteiger partial charge in [0.25, 0.3) is 5.91 Å². The largest absolute Gasteiger partial charge is 0.352 e. The molecular weight excluding hydrogens is 309 g/mol. The Labute approximate surface area is 140 Å². The maximum absolute atomic E-state index is 12.8. The lowest BCUT2D eigenvalue weighted by molar-refractivity contribution is -0.131. The molecule has 0 saturated carbocycles. The summed E-state index contributed by atoms with van der Waals surface area (Å²) in [6.45, 7) is 3.26. The highest BCUT2D eigenvalue weighted by molar-refractivity contribution is 5.94. The molecule has 0 aliphatic rings. The number of amides is 2. The standard InChI is InChI=1S/C18H20FN3O2/c1-2-22(13-14-7-10-20-11-8-14)17(23)9-12-21-18(24)15-3-5-16(19)6-4-15/h3-8,10-11H,2,9,12-13H2,1H3,(H,21,24). The third-order valence-electron chi connectivity index (χ3n) is 3.59. The molecule has 1 aromatic carbocycles. The summed E-state index contributed by atoms with van der Waals surface area (Å²) in [5.74, 6) is -0.745. The van der Waals surface area contributed by atoms with E-state index in [1.165, 1.54) is 24.3 Å². The molecule has 1 N–H and O–H groups in total. The summed E-state index contributed by atoms with van der Waals surface area (Å²) in [6.07, 6.45) is 3.60. The Morgan fingerprint density at radius 2 is 1.79 bits per heavy atom. The molecule has 0 atom stereocenters. The predicted molar refractivity (Wildman–Crippen MR) is 88.7 cm³/mol. The number of hydrogen-bond acceptors (Lipinski definition) is 3. The Balaban J connectivity index is 1.80. The Hall–Kier alpha value is -2.76. The first kappa shape index (κ1) is 17.6. The van der Waals surface area contributed by atoms with E-state index in [0.29, 0.717) is 18.7 Å². The smallest absolute Gasteiger partial charge is 0.251 e. The van der Waals surface area contributed by atoms with E-state index in [4.69, 9.17) is 0 Å². The van der Waals surface area contributed by atoms with Crippen LogP contribution in [0.3, 0.4) is 0 Å². The monoisotopic (exact) mass is 329 g/mol. The van der Waals surface area contributed by atoms with Gasteiger partial charge in [0, 0.05) is 44.0 Å². The van der Waals surface area contributed by atoms with Crippen LogP contribution in [0.2, 0.25) is 0 Å². The molecule has 1 heterocycles. The molecule has 126 valence electrons. The summed E-state index contributed by atoms with van der Waals surface area (Å²) in [5, 5.41) is 2.67. The van der Waals surface area contributed by atoms with Crippen molar-refractivity contribution >= 4 is 11.8 Å². The van der Waals surface area contributed by atoms with Gasteiger partial charge < -0.3 is 10.2 Å². The third kappa shape index (κ3) is 5.15.